The van der Waals surface area contributed by atoms with Gasteiger partial charge in [0.1, 0.15) is 31.5 Å². The molecule has 0 radical (unpaired) electrons. The lowest BCUT2D eigenvalue weighted by atomic mass is 10.2. The number of sulfonamides is 1. The lowest BCUT2D eigenvalue weighted by Crippen LogP contribution is -3.15. The lowest BCUT2D eigenvalue weighted by molar-refractivity contribution is -0.910. The number of aliphatic hydroxyl groups excluding tert-OH is 1. The third-order valence-corrected chi connectivity index (χ3v) is 6.88. The molecule has 29 heavy (non-hydrogen) atoms. The second-order valence-corrected chi connectivity index (χ2v) is 9.13. The van der Waals surface area contributed by atoms with Crippen LogP contribution in [0.15, 0.2) is 53.4 Å². The van der Waals surface area contributed by atoms with Crippen LogP contribution >= 0.6 is 0 Å². The van der Waals surface area contributed by atoms with E-state index in [-0.39, 0.29) is 11.4 Å². The number of quaternary nitrogens is 1. The van der Waals surface area contributed by atoms with Gasteiger partial charge < -0.3 is 19.5 Å². The molecule has 1 saturated heterocycles. The molecule has 2 aromatic carbocycles. The van der Waals surface area contributed by atoms with Crippen molar-refractivity contribution in [1.29, 1.82) is 0 Å². The van der Waals surface area contributed by atoms with Crippen molar-refractivity contribution >= 4 is 15.7 Å². The topological polar surface area (TPSA) is 80.5 Å². The molecule has 7 nitrogen and oxygen atoms in total. The predicted octanol–water partition coefficient (Wildman–Crippen LogP) is 0.475. The van der Waals surface area contributed by atoms with Crippen molar-refractivity contribution in [3.05, 3.63) is 54.1 Å². The summed E-state index contributed by atoms with van der Waals surface area (Å²) in [6, 6.07) is 13.6. The van der Waals surface area contributed by atoms with Gasteiger partial charge in [-0.05, 0) is 43.3 Å². The smallest absolute Gasteiger partial charge is 0.264 e. The number of hydrogen-bond acceptors (Lipinski definition) is 5. The SMILES string of the molecule is COc1ccc(N(C[C@H](O)C[NH+]2CCOCC2)S(=O)(=O)c2ccc(C)cc2)cc1. The fraction of sp³-hybridized carbons (Fsp3) is 0.429. The Kier molecular flexibility index (Phi) is 7.13. The second kappa shape index (κ2) is 9.58. The summed E-state index contributed by atoms with van der Waals surface area (Å²) in [5.41, 5.74) is 1.47. The summed E-state index contributed by atoms with van der Waals surface area (Å²) in [7, 11) is -2.27. The minimum atomic E-state index is -3.83. The first-order valence-electron chi connectivity index (χ1n) is 9.73. The maximum atomic E-state index is 13.4. The van der Waals surface area contributed by atoms with Gasteiger partial charge in [-0.1, -0.05) is 17.7 Å². The van der Waals surface area contributed by atoms with Gasteiger partial charge in [-0.2, -0.15) is 0 Å². The number of morpholine rings is 1. The Bertz CT molecular complexity index is 878. The molecular weight excluding hydrogens is 392 g/mol. The Morgan fingerprint density at radius 1 is 1.10 bits per heavy atom. The van der Waals surface area contributed by atoms with Crippen LogP contribution in [0.2, 0.25) is 0 Å². The summed E-state index contributed by atoms with van der Waals surface area (Å²) in [5.74, 6) is 0.639. The first-order chi connectivity index (χ1) is 13.9. The van der Waals surface area contributed by atoms with Crippen LogP contribution in [-0.2, 0) is 14.8 Å². The zero-order valence-electron chi connectivity index (χ0n) is 16.9. The lowest BCUT2D eigenvalue weighted by Gasteiger charge is -2.30. The van der Waals surface area contributed by atoms with Crippen LogP contribution in [0.5, 0.6) is 5.75 Å². The van der Waals surface area contributed by atoms with Crippen molar-refractivity contribution in [2.45, 2.75) is 17.9 Å². The van der Waals surface area contributed by atoms with Crippen LogP contribution < -0.4 is 13.9 Å². The van der Waals surface area contributed by atoms with Crippen molar-refractivity contribution in [1.82, 2.24) is 0 Å². The van der Waals surface area contributed by atoms with E-state index in [1.54, 1.807) is 55.6 Å². The summed E-state index contributed by atoms with van der Waals surface area (Å²) in [6.07, 6.45) is -0.801. The molecule has 1 aliphatic heterocycles. The molecule has 1 aliphatic rings. The molecule has 0 amide bonds. The van der Waals surface area contributed by atoms with Gasteiger partial charge in [0.15, 0.2) is 0 Å². The Balaban J connectivity index is 1.86. The van der Waals surface area contributed by atoms with Crippen molar-refractivity contribution in [3.8, 4) is 5.75 Å². The highest BCUT2D eigenvalue weighted by atomic mass is 32.2. The van der Waals surface area contributed by atoms with Crippen LogP contribution in [0.1, 0.15) is 5.56 Å². The molecule has 1 atom stereocenters. The van der Waals surface area contributed by atoms with Crippen molar-refractivity contribution < 1.29 is 27.9 Å². The third-order valence-electron chi connectivity index (χ3n) is 5.07. The number of ether oxygens (including phenoxy) is 2. The molecule has 2 aromatic rings. The summed E-state index contributed by atoms with van der Waals surface area (Å²) in [4.78, 5) is 1.41. The van der Waals surface area contributed by atoms with Crippen LogP contribution in [0.25, 0.3) is 0 Å². The van der Waals surface area contributed by atoms with Gasteiger partial charge in [-0.25, -0.2) is 8.42 Å². The number of hydrogen-bond donors (Lipinski definition) is 2. The Morgan fingerprint density at radius 2 is 1.72 bits per heavy atom. The van der Waals surface area contributed by atoms with E-state index < -0.39 is 16.1 Å². The molecule has 0 saturated carbocycles. The Hall–Kier alpha value is -2.13. The number of rotatable bonds is 8. The number of nitrogens with one attached hydrogen (secondary N) is 1. The van der Waals surface area contributed by atoms with E-state index in [4.69, 9.17) is 9.47 Å². The number of aliphatic hydroxyl groups is 1. The largest absolute Gasteiger partial charge is 0.497 e. The molecule has 0 aliphatic carbocycles. The molecule has 0 unspecified atom stereocenters. The zero-order chi connectivity index (χ0) is 20.9. The molecule has 3 rings (SSSR count). The minimum absolute atomic E-state index is 0.0209. The second-order valence-electron chi connectivity index (χ2n) is 7.27. The highest BCUT2D eigenvalue weighted by Gasteiger charge is 2.29. The fourth-order valence-electron chi connectivity index (χ4n) is 3.38. The third kappa shape index (κ3) is 5.48. The number of nitrogens with zero attached hydrogens (tertiary/aromatic N) is 1. The molecule has 0 bridgehead atoms. The first kappa shape index (κ1) is 21.6. The molecular formula is C21H29N2O5S+. The molecule has 158 valence electrons. The van der Waals surface area contributed by atoms with E-state index in [0.717, 1.165) is 18.7 Å². The van der Waals surface area contributed by atoms with E-state index in [0.29, 0.717) is 31.2 Å². The van der Waals surface area contributed by atoms with Gasteiger partial charge in [0.25, 0.3) is 10.0 Å². The van der Waals surface area contributed by atoms with E-state index in [2.05, 4.69) is 0 Å². The maximum Gasteiger partial charge on any atom is 0.264 e. The van der Waals surface area contributed by atoms with Gasteiger partial charge in [-0.15, -0.1) is 0 Å². The van der Waals surface area contributed by atoms with E-state index in [1.165, 1.54) is 9.21 Å². The number of aryl methyl sites for hydroxylation is 1. The molecule has 8 heteroatoms. The Labute approximate surface area is 172 Å². The molecule has 1 fully saturated rings. The Morgan fingerprint density at radius 3 is 2.31 bits per heavy atom. The summed E-state index contributed by atoms with van der Waals surface area (Å²) in [6.45, 7) is 5.30. The number of benzene rings is 2. The standard InChI is InChI=1S/C21H28N2O5S/c1-17-3-9-21(10-4-17)29(25,26)23(18-5-7-20(27-2)8-6-18)16-19(24)15-22-11-13-28-14-12-22/h3-10,19,24H,11-16H2,1-2H3/p+1/t19-/m1/s1. The van der Waals surface area contributed by atoms with Crippen LogP contribution in [-0.4, -0.2) is 66.1 Å². The molecule has 0 aromatic heterocycles. The van der Waals surface area contributed by atoms with Crippen LogP contribution in [0, 0.1) is 6.92 Å². The average Bonchev–Trinajstić information content (AvgIpc) is 2.73. The quantitative estimate of drug-likeness (QED) is 0.648. The van der Waals surface area contributed by atoms with Gasteiger partial charge in [0.2, 0.25) is 0 Å². The van der Waals surface area contributed by atoms with Crippen molar-refractivity contribution in [2.24, 2.45) is 0 Å². The van der Waals surface area contributed by atoms with Gasteiger partial charge in [0, 0.05) is 0 Å². The first-order valence-corrected chi connectivity index (χ1v) is 11.2. The number of anilines is 1. The maximum absolute atomic E-state index is 13.4. The summed E-state index contributed by atoms with van der Waals surface area (Å²) < 4.78 is 38.6. The van der Waals surface area contributed by atoms with Gasteiger partial charge in [0.05, 0.1) is 37.5 Å². The normalized spacial score (nSPS) is 16.4. The minimum Gasteiger partial charge on any atom is -0.497 e. The molecule has 0 spiro atoms. The molecule has 1 heterocycles. The highest BCUT2D eigenvalue weighted by molar-refractivity contribution is 7.92. The molecule has 2 N–H and O–H groups in total. The van der Waals surface area contributed by atoms with Crippen LogP contribution in [0.3, 0.4) is 0 Å². The van der Waals surface area contributed by atoms with E-state index in [9.17, 15) is 13.5 Å². The highest BCUT2D eigenvalue weighted by Crippen LogP contribution is 2.26. The monoisotopic (exact) mass is 421 g/mol. The zero-order valence-corrected chi connectivity index (χ0v) is 17.7. The van der Waals surface area contributed by atoms with Crippen molar-refractivity contribution in [2.75, 3.05) is 50.8 Å². The predicted molar refractivity (Wildman–Crippen MR) is 111 cm³/mol. The van der Waals surface area contributed by atoms with E-state index >= 15 is 0 Å². The summed E-state index contributed by atoms with van der Waals surface area (Å²) >= 11 is 0. The van der Waals surface area contributed by atoms with E-state index in [1.807, 2.05) is 6.92 Å². The average molecular weight is 422 g/mol. The van der Waals surface area contributed by atoms with Gasteiger partial charge >= 0.3 is 0 Å². The van der Waals surface area contributed by atoms with Crippen molar-refractivity contribution in [3.63, 3.8) is 0 Å². The summed E-state index contributed by atoms with van der Waals surface area (Å²) in [5, 5.41) is 10.7. The van der Waals surface area contributed by atoms with Gasteiger partial charge in [-0.3, -0.25) is 4.31 Å². The number of methoxy groups -OCH3 is 1. The van der Waals surface area contributed by atoms with Crippen LogP contribution in [0.4, 0.5) is 5.69 Å². The fourth-order valence-corrected chi connectivity index (χ4v) is 4.88.